The molecule has 1 saturated heterocycles. The Kier molecular flexibility index (Phi) is 5.83. The van der Waals surface area contributed by atoms with Crippen molar-refractivity contribution in [3.63, 3.8) is 0 Å². The zero-order valence-corrected chi connectivity index (χ0v) is 19.0. The Balaban J connectivity index is 1.48. The highest BCUT2D eigenvalue weighted by molar-refractivity contribution is 5.94. The van der Waals surface area contributed by atoms with Crippen molar-refractivity contribution >= 4 is 11.6 Å². The zero-order valence-electron chi connectivity index (χ0n) is 19.0. The van der Waals surface area contributed by atoms with Gasteiger partial charge in [0.1, 0.15) is 6.33 Å². The first kappa shape index (κ1) is 21.6. The normalized spacial score (nSPS) is 21.7. The van der Waals surface area contributed by atoms with Crippen molar-refractivity contribution in [2.75, 3.05) is 32.6 Å². The van der Waals surface area contributed by atoms with Gasteiger partial charge >= 0.3 is 0 Å². The van der Waals surface area contributed by atoms with Gasteiger partial charge in [0.15, 0.2) is 0 Å². The van der Waals surface area contributed by atoms with Crippen LogP contribution in [0.25, 0.3) is 11.1 Å². The molecule has 0 saturated carbocycles. The summed E-state index contributed by atoms with van der Waals surface area (Å²) in [7, 11) is 3.52. The third-order valence-corrected chi connectivity index (χ3v) is 6.84. The summed E-state index contributed by atoms with van der Waals surface area (Å²) in [4.78, 5) is 24.7. The summed E-state index contributed by atoms with van der Waals surface area (Å²) in [6.07, 6.45) is 6.33. The molecule has 3 aromatic rings. The number of carbonyl (C=O) groups excluding carboxylic acids is 1. The first-order valence-electron chi connectivity index (χ1n) is 11.4. The molecule has 2 aliphatic rings. The number of benzene rings is 2. The lowest BCUT2D eigenvalue weighted by Crippen LogP contribution is -2.41. The van der Waals surface area contributed by atoms with Crippen molar-refractivity contribution < 1.29 is 9.90 Å². The van der Waals surface area contributed by atoms with E-state index in [0.29, 0.717) is 11.5 Å². The van der Waals surface area contributed by atoms with Crippen LogP contribution < -0.4 is 5.32 Å². The van der Waals surface area contributed by atoms with Crippen molar-refractivity contribution in [2.45, 2.75) is 25.0 Å². The molecule has 0 unspecified atom stereocenters. The van der Waals surface area contributed by atoms with Gasteiger partial charge in [-0.3, -0.25) is 9.69 Å². The van der Waals surface area contributed by atoms with Crippen molar-refractivity contribution in [3.05, 3.63) is 77.9 Å². The van der Waals surface area contributed by atoms with Crippen LogP contribution in [0.5, 0.6) is 0 Å². The van der Waals surface area contributed by atoms with Crippen molar-refractivity contribution in [1.82, 2.24) is 19.8 Å². The topological polar surface area (TPSA) is 81.6 Å². The predicted molar refractivity (Wildman–Crippen MR) is 128 cm³/mol. The highest BCUT2D eigenvalue weighted by atomic mass is 16.3. The van der Waals surface area contributed by atoms with E-state index in [1.165, 1.54) is 5.56 Å². The lowest BCUT2D eigenvalue weighted by molar-refractivity contribution is 0.0827. The van der Waals surface area contributed by atoms with Crippen LogP contribution in [-0.2, 0) is 6.54 Å². The van der Waals surface area contributed by atoms with E-state index in [1.807, 2.05) is 36.7 Å². The molecule has 2 N–H and O–H groups in total. The van der Waals surface area contributed by atoms with Gasteiger partial charge in [0.05, 0.1) is 12.6 Å². The lowest BCUT2D eigenvalue weighted by atomic mass is 9.82. The zero-order chi connectivity index (χ0) is 22.9. The molecule has 7 nitrogen and oxygen atoms in total. The van der Waals surface area contributed by atoms with Gasteiger partial charge in [0.25, 0.3) is 5.91 Å². The van der Waals surface area contributed by atoms with E-state index in [2.05, 4.69) is 38.4 Å². The molecule has 0 spiro atoms. The molecule has 7 heteroatoms. The highest BCUT2D eigenvalue weighted by Crippen LogP contribution is 2.47. The van der Waals surface area contributed by atoms with Crippen molar-refractivity contribution in [1.29, 1.82) is 0 Å². The molecular formula is C26H29N5O2. The third kappa shape index (κ3) is 4.10. The number of nitrogens with one attached hydrogen (secondary N) is 1. The van der Waals surface area contributed by atoms with Crippen LogP contribution in [0.2, 0.25) is 0 Å². The van der Waals surface area contributed by atoms with E-state index in [1.54, 1.807) is 25.3 Å². The number of hydrogen-bond donors (Lipinski definition) is 2. The third-order valence-electron chi connectivity index (χ3n) is 6.84. The van der Waals surface area contributed by atoms with E-state index >= 15 is 0 Å². The molecule has 1 fully saturated rings. The first-order valence-corrected chi connectivity index (χ1v) is 11.4. The summed E-state index contributed by atoms with van der Waals surface area (Å²) in [5, 5.41) is 13.6. The van der Waals surface area contributed by atoms with Crippen LogP contribution in [0.3, 0.4) is 0 Å². The van der Waals surface area contributed by atoms with Crippen LogP contribution in [0.4, 0.5) is 5.69 Å². The Morgan fingerprint density at radius 3 is 2.55 bits per heavy atom. The lowest BCUT2D eigenvalue weighted by Gasteiger charge is -2.39. The number of fused-ring (bicyclic) bond motifs is 3. The molecule has 1 amide bonds. The summed E-state index contributed by atoms with van der Waals surface area (Å²) in [6, 6.07) is 14.5. The Labute approximate surface area is 194 Å². The molecule has 5 rings (SSSR count). The molecule has 0 aliphatic carbocycles. The van der Waals surface area contributed by atoms with Gasteiger partial charge in [0.2, 0.25) is 0 Å². The first-order chi connectivity index (χ1) is 16.0. The fourth-order valence-electron chi connectivity index (χ4n) is 5.22. The number of rotatable bonds is 5. The van der Waals surface area contributed by atoms with E-state index in [-0.39, 0.29) is 24.6 Å². The molecule has 3 atom stereocenters. The summed E-state index contributed by atoms with van der Waals surface area (Å²) in [5.74, 6) is 0.336. The molecular weight excluding hydrogens is 414 g/mol. The van der Waals surface area contributed by atoms with Crippen LogP contribution in [0.15, 0.2) is 61.2 Å². The Morgan fingerprint density at radius 2 is 1.85 bits per heavy atom. The molecule has 2 aromatic carbocycles. The summed E-state index contributed by atoms with van der Waals surface area (Å²) < 4.78 is 0. The molecule has 170 valence electrons. The van der Waals surface area contributed by atoms with Crippen LogP contribution in [0, 0.1) is 5.92 Å². The summed E-state index contributed by atoms with van der Waals surface area (Å²) >= 11 is 0. The largest absolute Gasteiger partial charge is 0.394 e. The number of hydrogen-bond acceptors (Lipinski definition) is 6. The number of carbonyl (C=O) groups is 1. The van der Waals surface area contributed by atoms with E-state index < -0.39 is 0 Å². The fourth-order valence-corrected chi connectivity index (χ4v) is 5.22. The minimum atomic E-state index is 0.000525. The minimum Gasteiger partial charge on any atom is -0.394 e. The maximum atomic E-state index is 12.2. The minimum absolute atomic E-state index is 0.000525. The SMILES string of the molecule is CN(C)C(=O)c1ccc(-c2ccc3c(c2)[C@H]2[C@H](CCN2Cc2cncnc2)[C@H](CO)N3)cc1. The van der Waals surface area contributed by atoms with E-state index in [4.69, 9.17) is 0 Å². The number of likely N-dealkylation sites (tertiary alicyclic amines) is 1. The second-order valence-electron chi connectivity index (χ2n) is 9.13. The number of nitrogens with zero attached hydrogens (tertiary/aromatic N) is 4. The Hall–Kier alpha value is -3.29. The molecule has 3 heterocycles. The molecule has 0 radical (unpaired) electrons. The monoisotopic (exact) mass is 443 g/mol. The fraction of sp³-hybridized carbons (Fsp3) is 0.346. The van der Waals surface area contributed by atoms with Crippen LogP contribution in [-0.4, -0.2) is 64.1 Å². The number of aliphatic hydroxyl groups is 1. The Morgan fingerprint density at radius 1 is 1.12 bits per heavy atom. The van der Waals surface area contributed by atoms with Gasteiger partial charge in [-0.2, -0.15) is 0 Å². The van der Waals surface area contributed by atoms with Gasteiger partial charge in [0, 0.05) is 61.8 Å². The maximum Gasteiger partial charge on any atom is 0.253 e. The Bertz CT molecular complexity index is 1130. The molecule has 0 bridgehead atoms. The van der Waals surface area contributed by atoms with Gasteiger partial charge in [-0.05, 0) is 53.9 Å². The summed E-state index contributed by atoms with van der Waals surface area (Å²) in [5.41, 5.74) is 6.31. The average molecular weight is 444 g/mol. The van der Waals surface area contributed by atoms with Crippen molar-refractivity contribution in [2.24, 2.45) is 5.92 Å². The molecule has 33 heavy (non-hydrogen) atoms. The van der Waals surface area contributed by atoms with Gasteiger partial charge in [-0.15, -0.1) is 0 Å². The molecule has 1 aromatic heterocycles. The van der Waals surface area contributed by atoms with Gasteiger partial charge < -0.3 is 15.3 Å². The quantitative estimate of drug-likeness (QED) is 0.630. The highest BCUT2D eigenvalue weighted by Gasteiger charge is 2.43. The van der Waals surface area contributed by atoms with Crippen molar-refractivity contribution in [3.8, 4) is 11.1 Å². The van der Waals surface area contributed by atoms with Crippen LogP contribution in [0.1, 0.15) is 33.9 Å². The number of anilines is 1. The standard InChI is InChI=1S/C26H29N5O2/c1-30(2)26(33)19-5-3-18(4-6-19)20-7-8-23-22(11-20)25-21(24(15-32)29-23)9-10-31(25)14-17-12-27-16-28-13-17/h3-8,11-13,16,21,24-25,29,32H,9-10,14-15H2,1-2H3/t21-,24+,25-/m1/s1. The molecule has 2 aliphatic heterocycles. The van der Waals surface area contributed by atoms with E-state index in [0.717, 1.165) is 41.9 Å². The maximum absolute atomic E-state index is 12.2. The van der Waals surface area contributed by atoms with Gasteiger partial charge in [-0.25, -0.2) is 9.97 Å². The van der Waals surface area contributed by atoms with Crippen LogP contribution >= 0.6 is 0 Å². The van der Waals surface area contributed by atoms with E-state index in [9.17, 15) is 9.90 Å². The smallest absolute Gasteiger partial charge is 0.253 e. The number of aromatic nitrogens is 2. The predicted octanol–water partition coefficient (Wildman–Crippen LogP) is 3.20. The summed E-state index contributed by atoms with van der Waals surface area (Å²) in [6.45, 7) is 1.87. The average Bonchev–Trinajstić information content (AvgIpc) is 3.27. The second kappa shape index (κ2) is 8.92. The number of amides is 1. The second-order valence-corrected chi connectivity index (χ2v) is 9.13. The number of aliphatic hydroxyl groups excluding tert-OH is 1. The van der Waals surface area contributed by atoms with Gasteiger partial charge in [-0.1, -0.05) is 18.2 Å².